The average molecular weight is 329 g/mol. The first-order chi connectivity index (χ1) is 9.81. The third-order valence-corrected chi connectivity index (χ3v) is 4.81. The van der Waals surface area contributed by atoms with Crippen LogP contribution >= 0.6 is 11.6 Å². The molecule has 0 unspecified atom stereocenters. The molecule has 2 aromatic rings. The minimum Gasteiger partial charge on any atom is -0.398 e. The molecule has 0 aliphatic heterocycles. The summed E-state index contributed by atoms with van der Waals surface area (Å²) in [6, 6.07) is 8.75. The van der Waals surface area contributed by atoms with Crippen LogP contribution in [-0.2, 0) is 16.6 Å². The maximum Gasteiger partial charge on any atom is 0.241 e. The lowest BCUT2D eigenvalue weighted by atomic mass is 10.2. The van der Waals surface area contributed by atoms with Gasteiger partial charge in [0.1, 0.15) is 5.82 Å². The van der Waals surface area contributed by atoms with Crippen molar-refractivity contribution in [1.29, 1.82) is 0 Å². The smallest absolute Gasteiger partial charge is 0.241 e. The highest BCUT2D eigenvalue weighted by molar-refractivity contribution is 7.89. The normalized spacial score (nSPS) is 11.6. The first-order valence-corrected chi connectivity index (χ1v) is 7.96. The lowest BCUT2D eigenvalue weighted by Crippen LogP contribution is -2.24. The Balaban J connectivity index is 2.30. The van der Waals surface area contributed by atoms with Gasteiger partial charge in [-0.3, -0.25) is 0 Å². The molecule has 0 aliphatic rings. The van der Waals surface area contributed by atoms with Crippen molar-refractivity contribution >= 4 is 27.3 Å². The van der Waals surface area contributed by atoms with Crippen LogP contribution in [0.1, 0.15) is 11.1 Å². The maximum atomic E-state index is 13.5. The minimum atomic E-state index is -3.83. The van der Waals surface area contributed by atoms with E-state index in [2.05, 4.69) is 4.72 Å². The van der Waals surface area contributed by atoms with Gasteiger partial charge in [0.2, 0.25) is 10.0 Å². The Morgan fingerprint density at radius 2 is 1.95 bits per heavy atom. The zero-order valence-corrected chi connectivity index (χ0v) is 12.8. The van der Waals surface area contributed by atoms with Crippen molar-refractivity contribution < 1.29 is 12.8 Å². The summed E-state index contributed by atoms with van der Waals surface area (Å²) in [7, 11) is -3.83. The van der Waals surface area contributed by atoms with Crippen molar-refractivity contribution in [2.24, 2.45) is 0 Å². The molecule has 0 bridgehead atoms. The number of nitrogens with one attached hydrogen (secondary N) is 1. The van der Waals surface area contributed by atoms with Crippen LogP contribution in [0, 0.1) is 12.7 Å². The molecule has 112 valence electrons. The summed E-state index contributed by atoms with van der Waals surface area (Å²) in [5, 5.41) is 0.226. The van der Waals surface area contributed by atoms with Crippen molar-refractivity contribution in [2.75, 3.05) is 5.73 Å². The number of hydrogen-bond donors (Lipinski definition) is 2. The Kier molecular flexibility index (Phi) is 4.51. The van der Waals surface area contributed by atoms with Gasteiger partial charge in [-0.2, -0.15) is 0 Å². The molecule has 0 radical (unpaired) electrons. The monoisotopic (exact) mass is 328 g/mol. The molecular formula is C14H14ClFN2O2S. The molecule has 21 heavy (non-hydrogen) atoms. The number of benzene rings is 2. The number of halogens is 2. The van der Waals surface area contributed by atoms with Crippen LogP contribution in [0.5, 0.6) is 0 Å². The molecular weight excluding hydrogens is 315 g/mol. The van der Waals surface area contributed by atoms with Crippen molar-refractivity contribution in [3.8, 4) is 0 Å². The predicted octanol–water partition coefficient (Wildman–Crippen LogP) is 2.85. The van der Waals surface area contributed by atoms with Crippen LogP contribution in [0.3, 0.4) is 0 Å². The van der Waals surface area contributed by atoms with Gasteiger partial charge < -0.3 is 5.73 Å². The summed E-state index contributed by atoms with van der Waals surface area (Å²) in [6.45, 7) is 1.43. The number of nitrogen functional groups attached to an aromatic ring is 1. The van der Waals surface area contributed by atoms with Crippen molar-refractivity contribution in [1.82, 2.24) is 4.72 Å². The zero-order chi connectivity index (χ0) is 15.6. The van der Waals surface area contributed by atoms with Crippen molar-refractivity contribution in [3.05, 3.63) is 58.4 Å². The molecule has 0 saturated heterocycles. The fraction of sp³-hybridized carbons (Fsp3) is 0.143. The maximum absolute atomic E-state index is 13.5. The number of rotatable bonds is 4. The van der Waals surface area contributed by atoms with E-state index in [4.69, 9.17) is 17.3 Å². The van der Waals surface area contributed by atoms with E-state index in [9.17, 15) is 12.8 Å². The molecule has 0 fully saturated rings. The van der Waals surface area contributed by atoms with Gasteiger partial charge in [0.05, 0.1) is 4.90 Å². The second kappa shape index (κ2) is 6.01. The first kappa shape index (κ1) is 15.8. The minimum absolute atomic E-state index is 0.0103. The highest BCUT2D eigenvalue weighted by Gasteiger charge is 2.19. The van der Waals surface area contributed by atoms with Gasteiger partial charge in [-0.1, -0.05) is 29.8 Å². The molecule has 2 aromatic carbocycles. The molecule has 0 amide bonds. The summed E-state index contributed by atoms with van der Waals surface area (Å²) in [5.74, 6) is -0.470. The Hall–Kier alpha value is -1.63. The molecule has 3 N–H and O–H groups in total. The summed E-state index contributed by atoms with van der Waals surface area (Å²) < 4.78 is 40.4. The summed E-state index contributed by atoms with van der Waals surface area (Å²) >= 11 is 5.84. The molecule has 0 aliphatic carbocycles. The number of sulfonamides is 1. The van der Waals surface area contributed by atoms with Crippen molar-refractivity contribution in [2.45, 2.75) is 18.4 Å². The van der Waals surface area contributed by atoms with Crippen LogP contribution in [-0.4, -0.2) is 8.42 Å². The molecule has 0 heterocycles. The fourth-order valence-electron chi connectivity index (χ4n) is 1.85. The lowest BCUT2D eigenvalue weighted by Gasteiger charge is -2.12. The van der Waals surface area contributed by atoms with E-state index in [1.54, 1.807) is 13.0 Å². The van der Waals surface area contributed by atoms with Crippen LogP contribution in [0.4, 0.5) is 10.1 Å². The number of hydrogen-bond acceptors (Lipinski definition) is 3. The Bertz CT molecular complexity index is 779. The van der Waals surface area contributed by atoms with E-state index in [-0.39, 0.29) is 27.7 Å². The second-order valence-corrected chi connectivity index (χ2v) is 6.71. The van der Waals surface area contributed by atoms with E-state index in [1.807, 2.05) is 0 Å². The van der Waals surface area contributed by atoms with Crippen LogP contribution < -0.4 is 10.5 Å². The van der Waals surface area contributed by atoms with Gasteiger partial charge in [0.25, 0.3) is 0 Å². The van der Waals surface area contributed by atoms with Crippen LogP contribution in [0.25, 0.3) is 0 Å². The highest BCUT2D eigenvalue weighted by Crippen LogP contribution is 2.26. The topological polar surface area (TPSA) is 72.2 Å². The number of anilines is 1. The fourth-order valence-corrected chi connectivity index (χ4v) is 3.44. The molecule has 4 nitrogen and oxygen atoms in total. The van der Waals surface area contributed by atoms with E-state index in [0.29, 0.717) is 5.56 Å². The molecule has 7 heteroatoms. The number of nitrogens with two attached hydrogens (primary N) is 1. The molecule has 0 spiro atoms. The van der Waals surface area contributed by atoms with Gasteiger partial charge in [0.15, 0.2) is 0 Å². The summed E-state index contributed by atoms with van der Waals surface area (Å²) in [6.07, 6.45) is 0. The zero-order valence-electron chi connectivity index (χ0n) is 11.2. The van der Waals surface area contributed by atoms with E-state index >= 15 is 0 Å². The summed E-state index contributed by atoms with van der Waals surface area (Å²) in [4.78, 5) is -0.0103. The quantitative estimate of drug-likeness (QED) is 0.848. The Morgan fingerprint density at radius 1 is 1.29 bits per heavy atom. The van der Waals surface area contributed by atoms with Crippen LogP contribution in [0.15, 0.2) is 41.3 Å². The second-order valence-electron chi connectivity index (χ2n) is 4.53. The molecule has 0 atom stereocenters. The third kappa shape index (κ3) is 3.53. The van der Waals surface area contributed by atoms with Gasteiger partial charge in [-0.15, -0.1) is 0 Å². The summed E-state index contributed by atoms with van der Waals surface area (Å²) in [5.41, 5.74) is 6.66. The van der Waals surface area contributed by atoms with Gasteiger partial charge >= 0.3 is 0 Å². The molecule has 2 rings (SSSR count). The van der Waals surface area contributed by atoms with Crippen molar-refractivity contribution in [3.63, 3.8) is 0 Å². The van der Waals surface area contributed by atoms with E-state index in [0.717, 1.165) is 0 Å². The van der Waals surface area contributed by atoms with E-state index < -0.39 is 15.8 Å². The highest BCUT2D eigenvalue weighted by atomic mass is 35.5. The van der Waals surface area contributed by atoms with Crippen LogP contribution in [0.2, 0.25) is 5.02 Å². The lowest BCUT2D eigenvalue weighted by molar-refractivity contribution is 0.574. The molecule has 0 aromatic heterocycles. The average Bonchev–Trinajstić information content (AvgIpc) is 2.42. The van der Waals surface area contributed by atoms with E-state index in [1.165, 1.54) is 30.3 Å². The predicted molar refractivity (Wildman–Crippen MR) is 81.0 cm³/mol. The SMILES string of the molecule is Cc1c(N)cc(Cl)cc1S(=O)(=O)NCc1ccccc1F. The Labute approximate surface area is 127 Å². The van der Waals surface area contributed by atoms with Gasteiger partial charge in [-0.05, 0) is 30.7 Å². The third-order valence-electron chi connectivity index (χ3n) is 3.06. The van der Waals surface area contributed by atoms with Gasteiger partial charge in [0, 0.05) is 22.8 Å². The largest absolute Gasteiger partial charge is 0.398 e. The Morgan fingerprint density at radius 3 is 2.62 bits per heavy atom. The van der Waals surface area contributed by atoms with Gasteiger partial charge in [-0.25, -0.2) is 17.5 Å². The standard InChI is InChI=1S/C14H14ClFN2O2S/c1-9-13(17)6-11(15)7-14(9)21(19,20)18-8-10-4-2-3-5-12(10)16/h2-7,18H,8,17H2,1H3. The first-order valence-electron chi connectivity index (χ1n) is 6.10. The molecule has 0 saturated carbocycles.